The number of halogens is 3. The molecule has 1 heterocycles. The molecule has 1 saturated carbocycles. The molecule has 1 atom stereocenters. The molecule has 0 amide bonds. The zero-order chi connectivity index (χ0) is 18.5. The Kier molecular flexibility index (Phi) is 3.86. The minimum atomic E-state index is -4.35. The smallest absolute Gasteiger partial charge is 0.249 e. The molecule has 2 aromatic rings. The highest BCUT2D eigenvalue weighted by atomic mass is 19.4. The summed E-state index contributed by atoms with van der Waals surface area (Å²) < 4.78 is 43.1. The fourth-order valence-electron chi connectivity index (χ4n) is 3.79. The molecule has 0 bridgehead atoms. The van der Waals surface area contributed by atoms with E-state index in [9.17, 15) is 13.2 Å². The normalized spacial score (nSPS) is 23.3. The molecule has 1 fully saturated rings. The molecule has 2 nitrogen and oxygen atoms in total. The molecule has 1 unspecified atom stereocenters. The molecule has 0 aromatic heterocycles. The van der Waals surface area contributed by atoms with Gasteiger partial charge in [-0.3, -0.25) is 0 Å². The number of alkyl halides is 3. The molecule has 0 spiro atoms. The number of benzene rings is 2. The van der Waals surface area contributed by atoms with Gasteiger partial charge in [0.25, 0.3) is 0 Å². The third-order valence-corrected chi connectivity index (χ3v) is 5.44. The van der Waals surface area contributed by atoms with Crippen LogP contribution in [0, 0.1) is 19.8 Å². The van der Waals surface area contributed by atoms with Gasteiger partial charge in [-0.2, -0.15) is 18.3 Å². The van der Waals surface area contributed by atoms with Crippen molar-refractivity contribution in [1.29, 1.82) is 0 Å². The van der Waals surface area contributed by atoms with E-state index in [2.05, 4.69) is 5.10 Å². The third kappa shape index (κ3) is 2.70. The molecule has 5 heteroatoms. The maximum Gasteiger partial charge on any atom is 0.414 e. The zero-order valence-electron chi connectivity index (χ0n) is 14.8. The minimum absolute atomic E-state index is 0.0991. The van der Waals surface area contributed by atoms with Crippen LogP contribution in [0.15, 0.2) is 53.6 Å². The standard InChI is InChI=1S/C21H21F3N2/c1-14-3-7-16(8-4-14)19-13-20(17-9-10-17,21(22,23)24)26(25-19)18-11-5-15(2)6-12-18/h3-8,11-12,17H,9-10,13H2,1-2H3. The summed E-state index contributed by atoms with van der Waals surface area (Å²) in [7, 11) is 0. The van der Waals surface area contributed by atoms with Gasteiger partial charge in [-0.05, 0) is 50.3 Å². The van der Waals surface area contributed by atoms with Gasteiger partial charge in [0.15, 0.2) is 5.54 Å². The predicted octanol–water partition coefficient (Wildman–Crippen LogP) is 5.63. The first-order chi connectivity index (χ1) is 12.3. The first kappa shape index (κ1) is 17.1. The second-order valence-electron chi connectivity index (χ2n) is 7.43. The van der Waals surface area contributed by atoms with Gasteiger partial charge in [-0.1, -0.05) is 47.5 Å². The molecule has 0 radical (unpaired) electrons. The van der Waals surface area contributed by atoms with Gasteiger partial charge < -0.3 is 0 Å². The average Bonchev–Trinajstić information content (AvgIpc) is 3.36. The molecule has 0 N–H and O–H groups in total. The van der Waals surface area contributed by atoms with Crippen molar-refractivity contribution in [1.82, 2.24) is 0 Å². The second-order valence-corrected chi connectivity index (χ2v) is 7.43. The van der Waals surface area contributed by atoms with Crippen LogP contribution >= 0.6 is 0 Å². The summed E-state index contributed by atoms with van der Waals surface area (Å²) >= 11 is 0. The van der Waals surface area contributed by atoms with Gasteiger partial charge in [0, 0.05) is 6.42 Å². The molecule has 2 aromatic carbocycles. The Morgan fingerprint density at radius 3 is 1.96 bits per heavy atom. The molecule has 26 heavy (non-hydrogen) atoms. The van der Waals surface area contributed by atoms with Gasteiger partial charge in [0.1, 0.15) is 0 Å². The second kappa shape index (κ2) is 5.86. The quantitative estimate of drug-likeness (QED) is 0.694. The maximum atomic E-state index is 14.4. The summed E-state index contributed by atoms with van der Waals surface area (Å²) in [4.78, 5) is 0. The minimum Gasteiger partial charge on any atom is -0.249 e. The Hall–Kier alpha value is -2.30. The molecule has 136 valence electrons. The summed E-state index contributed by atoms with van der Waals surface area (Å²) in [6.45, 7) is 3.88. The van der Waals surface area contributed by atoms with Crippen LogP contribution in [-0.2, 0) is 0 Å². The van der Waals surface area contributed by atoms with Gasteiger partial charge in [0.2, 0.25) is 0 Å². The van der Waals surface area contributed by atoms with E-state index in [0.717, 1.165) is 16.7 Å². The van der Waals surface area contributed by atoms with E-state index < -0.39 is 17.6 Å². The first-order valence-corrected chi connectivity index (χ1v) is 8.89. The highest BCUT2D eigenvalue weighted by Gasteiger charge is 2.68. The Morgan fingerprint density at radius 2 is 1.46 bits per heavy atom. The lowest BCUT2D eigenvalue weighted by atomic mass is 9.85. The van der Waals surface area contributed by atoms with Crippen molar-refractivity contribution in [3.8, 4) is 0 Å². The summed E-state index contributed by atoms with van der Waals surface area (Å²) in [6.07, 6.45) is -3.26. The number of hydrogen-bond donors (Lipinski definition) is 0. The lowest BCUT2D eigenvalue weighted by Crippen LogP contribution is -2.57. The van der Waals surface area contributed by atoms with E-state index >= 15 is 0 Å². The third-order valence-electron chi connectivity index (χ3n) is 5.44. The molecule has 1 aliphatic heterocycles. The van der Waals surface area contributed by atoms with Crippen LogP contribution in [0.25, 0.3) is 0 Å². The number of aryl methyl sites for hydroxylation is 2. The topological polar surface area (TPSA) is 15.6 Å². The average molecular weight is 358 g/mol. The molecule has 2 aliphatic rings. The Bertz CT molecular complexity index is 833. The van der Waals surface area contributed by atoms with Crippen molar-refractivity contribution >= 4 is 11.4 Å². The molecular weight excluding hydrogens is 337 g/mol. The highest BCUT2D eigenvalue weighted by molar-refractivity contribution is 6.04. The van der Waals surface area contributed by atoms with Gasteiger partial charge in [0.05, 0.1) is 11.4 Å². The van der Waals surface area contributed by atoms with Gasteiger partial charge >= 0.3 is 6.18 Å². The Labute approximate surface area is 151 Å². The van der Waals surface area contributed by atoms with E-state index in [1.165, 1.54) is 5.01 Å². The summed E-state index contributed by atoms with van der Waals surface area (Å²) in [6, 6.07) is 14.7. The predicted molar refractivity (Wildman–Crippen MR) is 97.5 cm³/mol. The van der Waals surface area contributed by atoms with Crippen molar-refractivity contribution in [3.63, 3.8) is 0 Å². The number of rotatable bonds is 3. The van der Waals surface area contributed by atoms with Crippen molar-refractivity contribution in [2.75, 3.05) is 5.01 Å². The molecule has 1 aliphatic carbocycles. The van der Waals surface area contributed by atoms with E-state index in [0.29, 0.717) is 24.2 Å². The lowest BCUT2D eigenvalue weighted by molar-refractivity contribution is -0.189. The number of hydrogen-bond acceptors (Lipinski definition) is 2. The zero-order valence-corrected chi connectivity index (χ0v) is 14.8. The monoisotopic (exact) mass is 358 g/mol. The van der Waals surface area contributed by atoms with Crippen LogP contribution in [0.1, 0.15) is 36.0 Å². The van der Waals surface area contributed by atoms with Gasteiger partial charge in [-0.15, -0.1) is 0 Å². The number of hydrazone groups is 1. The van der Waals surface area contributed by atoms with Crippen molar-refractivity contribution in [3.05, 3.63) is 65.2 Å². The Morgan fingerprint density at radius 1 is 0.923 bits per heavy atom. The maximum absolute atomic E-state index is 14.4. The van der Waals surface area contributed by atoms with E-state index in [4.69, 9.17) is 0 Å². The van der Waals surface area contributed by atoms with Crippen LogP contribution in [0.3, 0.4) is 0 Å². The van der Waals surface area contributed by atoms with Crippen LogP contribution < -0.4 is 5.01 Å². The summed E-state index contributed by atoms with van der Waals surface area (Å²) in [5.41, 5.74) is 1.92. The van der Waals surface area contributed by atoms with E-state index in [1.807, 2.05) is 50.2 Å². The lowest BCUT2D eigenvalue weighted by Gasteiger charge is -2.39. The summed E-state index contributed by atoms with van der Waals surface area (Å²) in [5.74, 6) is -0.407. The van der Waals surface area contributed by atoms with Crippen LogP contribution in [-0.4, -0.2) is 17.4 Å². The van der Waals surface area contributed by atoms with Crippen molar-refractivity contribution in [2.45, 2.75) is 44.8 Å². The van der Waals surface area contributed by atoms with Crippen molar-refractivity contribution < 1.29 is 13.2 Å². The molecular formula is C21H21F3N2. The largest absolute Gasteiger partial charge is 0.414 e. The molecule has 4 rings (SSSR count). The summed E-state index contributed by atoms with van der Waals surface area (Å²) in [5, 5.41) is 5.75. The van der Waals surface area contributed by atoms with Crippen molar-refractivity contribution in [2.24, 2.45) is 11.0 Å². The van der Waals surface area contributed by atoms with Crippen LogP contribution in [0.5, 0.6) is 0 Å². The number of nitrogens with zero attached hydrogens (tertiary/aromatic N) is 2. The van der Waals surface area contributed by atoms with Crippen LogP contribution in [0.2, 0.25) is 0 Å². The van der Waals surface area contributed by atoms with E-state index in [1.54, 1.807) is 12.1 Å². The fraction of sp³-hybridized carbons (Fsp3) is 0.381. The first-order valence-electron chi connectivity index (χ1n) is 8.89. The SMILES string of the molecule is Cc1ccc(C2=NN(c3ccc(C)cc3)C(C3CC3)(C(F)(F)F)C2)cc1. The fourth-order valence-corrected chi connectivity index (χ4v) is 3.79. The van der Waals surface area contributed by atoms with Crippen LogP contribution in [0.4, 0.5) is 18.9 Å². The number of anilines is 1. The van der Waals surface area contributed by atoms with E-state index in [-0.39, 0.29) is 6.42 Å². The van der Waals surface area contributed by atoms with Gasteiger partial charge in [-0.25, -0.2) is 5.01 Å². The Balaban J connectivity index is 1.83. The highest BCUT2D eigenvalue weighted by Crippen LogP contribution is 2.57. The molecule has 0 saturated heterocycles.